The van der Waals surface area contributed by atoms with Crippen LogP contribution in [0.5, 0.6) is 0 Å². The number of halogens is 3. The van der Waals surface area contributed by atoms with Gasteiger partial charge in [0.15, 0.2) is 5.51 Å². The van der Waals surface area contributed by atoms with E-state index in [2.05, 4.69) is 15.8 Å². The van der Waals surface area contributed by atoms with Crippen molar-refractivity contribution in [2.75, 3.05) is 5.32 Å². The van der Waals surface area contributed by atoms with Crippen LogP contribution in [-0.2, 0) is 12.7 Å². The van der Waals surface area contributed by atoms with Crippen molar-refractivity contribution in [1.82, 2.24) is 4.98 Å². The topological polar surface area (TPSA) is 24.9 Å². The number of alkyl halides is 3. The highest BCUT2D eigenvalue weighted by atomic mass is 32.1. The van der Waals surface area contributed by atoms with E-state index in [1.54, 1.807) is 5.38 Å². The first-order valence-corrected chi connectivity index (χ1v) is 5.65. The number of nitrogens with zero attached hydrogens (tertiary/aromatic N) is 1. The highest BCUT2D eigenvalue weighted by molar-refractivity contribution is 7.07. The van der Waals surface area contributed by atoms with Crippen LogP contribution in [-0.4, -0.2) is 4.98 Å². The van der Waals surface area contributed by atoms with Gasteiger partial charge in [0.05, 0.1) is 5.56 Å². The van der Waals surface area contributed by atoms with Gasteiger partial charge in [-0.05, 0) is 17.7 Å². The number of thiazole rings is 1. The van der Waals surface area contributed by atoms with E-state index in [0.29, 0.717) is 12.4 Å². The highest BCUT2D eigenvalue weighted by Gasteiger charge is 2.29. The molecule has 1 aromatic heterocycles. The van der Waals surface area contributed by atoms with Gasteiger partial charge in [-0.3, -0.25) is 0 Å². The number of aromatic nitrogens is 1. The van der Waals surface area contributed by atoms with Crippen LogP contribution in [0.4, 0.5) is 19.0 Å². The van der Waals surface area contributed by atoms with Crippen molar-refractivity contribution in [2.24, 2.45) is 0 Å². The Bertz CT molecular complexity index is 462. The second kappa shape index (κ2) is 4.75. The van der Waals surface area contributed by atoms with Crippen LogP contribution < -0.4 is 5.32 Å². The molecule has 1 aromatic carbocycles. The van der Waals surface area contributed by atoms with Crippen LogP contribution in [0.1, 0.15) is 11.1 Å². The monoisotopic (exact) mass is 257 g/mol. The maximum Gasteiger partial charge on any atom is 0.416 e. The number of hydrogen-bond donors (Lipinski definition) is 1. The first-order valence-electron chi connectivity index (χ1n) is 4.77. The number of rotatable bonds is 3. The minimum atomic E-state index is -4.28. The Kier molecular flexibility index (Phi) is 3.33. The zero-order valence-corrected chi connectivity index (χ0v) is 9.40. The molecule has 0 saturated carbocycles. The summed E-state index contributed by atoms with van der Waals surface area (Å²) < 4.78 is 36.9. The summed E-state index contributed by atoms with van der Waals surface area (Å²) in [6.07, 6.45) is -4.28. The van der Waals surface area contributed by atoms with Gasteiger partial charge in [0, 0.05) is 11.9 Å². The Morgan fingerprint density at radius 3 is 2.47 bits per heavy atom. The molecule has 0 amide bonds. The van der Waals surface area contributed by atoms with E-state index in [-0.39, 0.29) is 0 Å². The molecular formula is C11H8F3N2S. The molecule has 0 aliphatic rings. The predicted octanol–water partition coefficient (Wildman–Crippen LogP) is 3.57. The summed E-state index contributed by atoms with van der Waals surface area (Å²) in [5.41, 5.74) is 2.81. The average molecular weight is 257 g/mol. The van der Waals surface area contributed by atoms with E-state index >= 15 is 0 Å². The molecule has 89 valence electrons. The SMILES string of the molecule is FC(F)(F)c1ccc(CNc2cs[c]n2)cc1. The minimum absolute atomic E-state index is 0.440. The predicted molar refractivity (Wildman–Crippen MR) is 59.7 cm³/mol. The lowest BCUT2D eigenvalue weighted by Crippen LogP contribution is -2.05. The Morgan fingerprint density at radius 2 is 1.94 bits per heavy atom. The van der Waals surface area contributed by atoms with E-state index < -0.39 is 11.7 Å². The van der Waals surface area contributed by atoms with E-state index in [4.69, 9.17) is 0 Å². The Morgan fingerprint density at radius 1 is 1.24 bits per heavy atom. The summed E-state index contributed by atoms with van der Waals surface area (Å²) in [6.45, 7) is 0.440. The van der Waals surface area contributed by atoms with Gasteiger partial charge in [0.25, 0.3) is 0 Å². The van der Waals surface area contributed by atoms with Crippen LogP contribution >= 0.6 is 11.3 Å². The van der Waals surface area contributed by atoms with Gasteiger partial charge >= 0.3 is 6.18 Å². The zero-order valence-electron chi connectivity index (χ0n) is 8.58. The molecule has 0 aliphatic heterocycles. The van der Waals surface area contributed by atoms with Crippen LogP contribution in [0.15, 0.2) is 29.6 Å². The van der Waals surface area contributed by atoms with Gasteiger partial charge in [-0.25, -0.2) is 4.98 Å². The van der Waals surface area contributed by atoms with E-state index in [1.807, 2.05) is 0 Å². The molecule has 6 heteroatoms. The first-order chi connectivity index (χ1) is 8.05. The van der Waals surface area contributed by atoms with Crippen molar-refractivity contribution in [3.8, 4) is 0 Å². The second-order valence-corrected chi connectivity index (χ2v) is 4.03. The summed E-state index contributed by atoms with van der Waals surface area (Å²) in [5, 5.41) is 4.77. The van der Waals surface area contributed by atoms with Gasteiger partial charge < -0.3 is 5.32 Å². The maximum atomic E-state index is 12.3. The van der Waals surface area contributed by atoms with Gasteiger partial charge in [-0.15, -0.1) is 11.3 Å². The molecule has 0 spiro atoms. The van der Waals surface area contributed by atoms with Crippen molar-refractivity contribution >= 4 is 17.2 Å². The third-order valence-electron chi connectivity index (χ3n) is 2.14. The van der Waals surface area contributed by atoms with E-state index in [1.165, 1.54) is 23.5 Å². The van der Waals surface area contributed by atoms with Crippen LogP contribution in [0.3, 0.4) is 0 Å². The molecular weight excluding hydrogens is 249 g/mol. The van der Waals surface area contributed by atoms with Crippen molar-refractivity contribution in [2.45, 2.75) is 12.7 Å². The molecule has 1 heterocycles. The first kappa shape index (κ1) is 11.9. The quantitative estimate of drug-likeness (QED) is 0.909. The Hall–Kier alpha value is -1.56. The number of benzene rings is 1. The van der Waals surface area contributed by atoms with Gasteiger partial charge in [-0.2, -0.15) is 13.2 Å². The summed E-state index contributed by atoms with van der Waals surface area (Å²) in [5.74, 6) is 0.676. The molecule has 0 fully saturated rings. The maximum absolute atomic E-state index is 12.3. The van der Waals surface area contributed by atoms with E-state index in [0.717, 1.165) is 17.7 Å². The standard InChI is InChI=1S/C11H8F3N2S/c12-11(13,14)9-3-1-8(2-4-9)5-15-10-6-17-7-16-10/h1-4,6,15H,5H2. The minimum Gasteiger partial charge on any atom is -0.365 e. The normalized spacial score (nSPS) is 11.5. The summed E-state index contributed by atoms with van der Waals surface area (Å²) in [4.78, 5) is 3.89. The number of nitrogens with one attached hydrogen (secondary N) is 1. The lowest BCUT2D eigenvalue weighted by molar-refractivity contribution is -0.137. The second-order valence-electron chi connectivity index (χ2n) is 3.37. The van der Waals surface area contributed by atoms with Gasteiger partial charge in [-0.1, -0.05) is 12.1 Å². The van der Waals surface area contributed by atoms with Crippen molar-refractivity contribution in [3.63, 3.8) is 0 Å². The summed E-state index contributed by atoms with van der Waals surface area (Å²) in [7, 11) is 0. The molecule has 0 saturated heterocycles. The fourth-order valence-corrected chi connectivity index (χ4v) is 1.72. The zero-order chi connectivity index (χ0) is 12.3. The molecule has 17 heavy (non-hydrogen) atoms. The van der Waals surface area contributed by atoms with Gasteiger partial charge in [0.1, 0.15) is 5.82 Å². The molecule has 2 nitrogen and oxygen atoms in total. The fourth-order valence-electron chi connectivity index (χ4n) is 1.27. The number of hydrogen-bond acceptors (Lipinski definition) is 3. The molecule has 0 unspecified atom stereocenters. The van der Waals surface area contributed by atoms with Gasteiger partial charge in [0.2, 0.25) is 0 Å². The van der Waals surface area contributed by atoms with Crippen molar-refractivity contribution in [1.29, 1.82) is 0 Å². The fraction of sp³-hybridized carbons (Fsp3) is 0.182. The summed E-state index contributed by atoms with van der Waals surface area (Å²) >= 11 is 1.33. The van der Waals surface area contributed by atoms with E-state index in [9.17, 15) is 13.2 Å². The largest absolute Gasteiger partial charge is 0.416 e. The highest BCUT2D eigenvalue weighted by Crippen LogP contribution is 2.29. The average Bonchev–Trinajstić information content (AvgIpc) is 2.78. The lowest BCUT2D eigenvalue weighted by atomic mass is 10.1. The van der Waals surface area contributed by atoms with Crippen LogP contribution in [0, 0.1) is 5.51 Å². The van der Waals surface area contributed by atoms with Crippen LogP contribution in [0.25, 0.3) is 0 Å². The third kappa shape index (κ3) is 3.20. The molecule has 0 bridgehead atoms. The van der Waals surface area contributed by atoms with Crippen LogP contribution in [0.2, 0.25) is 0 Å². The number of anilines is 1. The smallest absolute Gasteiger partial charge is 0.365 e. The van der Waals surface area contributed by atoms with Crippen molar-refractivity contribution < 1.29 is 13.2 Å². The van der Waals surface area contributed by atoms with Crippen molar-refractivity contribution in [3.05, 3.63) is 46.3 Å². The molecule has 0 aliphatic carbocycles. The molecule has 2 aromatic rings. The molecule has 1 radical (unpaired) electrons. The molecule has 0 atom stereocenters. The molecule has 1 N–H and O–H groups in total. The summed E-state index contributed by atoms with van der Waals surface area (Å²) in [6, 6.07) is 5.05. The lowest BCUT2D eigenvalue weighted by Gasteiger charge is -2.08. The Labute approximate surface area is 100 Å². The molecule has 2 rings (SSSR count). The Balaban J connectivity index is 1.99. The third-order valence-corrected chi connectivity index (χ3v) is 2.68.